The van der Waals surface area contributed by atoms with Crippen LogP contribution in [0.3, 0.4) is 0 Å². The first-order valence-corrected chi connectivity index (χ1v) is 6.67. The summed E-state index contributed by atoms with van der Waals surface area (Å²) >= 11 is 0. The second kappa shape index (κ2) is 7.37. The molecule has 0 radical (unpaired) electrons. The molecule has 0 aliphatic rings. The van der Waals surface area contributed by atoms with E-state index in [0.29, 0.717) is 19.6 Å². The molecule has 0 spiro atoms. The fraction of sp³-hybridized carbons (Fsp3) is 0.357. The van der Waals surface area contributed by atoms with E-state index in [1.807, 2.05) is 11.9 Å². The molecule has 1 aromatic heterocycles. The summed E-state index contributed by atoms with van der Waals surface area (Å²) in [5.41, 5.74) is 1.03. The minimum atomic E-state index is -0.225. The maximum Gasteiger partial charge on any atom is 0.193 e. The lowest BCUT2D eigenvalue weighted by molar-refractivity contribution is 0.470. The Hall–Kier alpha value is -2.44. The van der Waals surface area contributed by atoms with Crippen LogP contribution in [-0.4, -0.2) is 46.3 Å². The van der Waals surface area contributed by atoms with Crippen LogP contribution in [0.4, 0.5) is 4.39 Å². The van der Waals surface area contributed by atoms with E-state index >= 15 is 0 Å². The van der Waals surface area contributed by atoms with E-state index in [9.17, 15) is 4.39 Å². The van der Waals surface area contributed by atoms with Gasteiger partial charge >= 0.3 is 0 Å². The van der Waals surface area contributed by atoms with Crippen molar-refractivity contribution in [1.29, 1.82) is 0 Å². The molecule has 6 nitrogen and oxygen atoms in total. The molecule has 0 unspecified atom stereocenters. The zero-order valence-electron chi connectivity index (χ0n) is 12.2. The highest BCUT2D eigenvalue weighted by molar-refractivity contribution is 5.79. The summed E-state index contributed by atoms with van der Waals surface area (Å²) in [5, 5.41) is 7.29. The molecule has 0 saturated carbocycles. The predicted molar refractivity (Wildman–Crippen MR) is 79.3 cm³/mol. The minimum absolute atomic E-state index is 0.225. The molecule has 0 atom stereocenters. The Morgan fingerprint density at radius 1 is 1.38 bits per heavy atom. The molecule has 1 N–H and O–H groups in total. The van der Waals surface area contributed by atoms with Gasteiger partial charge in [-0.15, -0.1) is 0 Å². The van der Waals surface area contributed by atoms with Crippen molar-refractivity contribution >= 4 is 5.96 Å². The molecule has 0 bridgehead atoms. The second-order valence-electron chi connectivity index (χ2n) is 4.62. The number of benzene rings is 1. The molecule has 0 amide bonds. The van der Waals surface area contributed by atoms with Crippen molar-refractivity contribution in [2.45, 2.75) is 13.1 Å². The lowest BCUT2D eigenvalue weighted by atomic mass is 10.2. The van der Waals surface area contributed by atoms with Crippen LogP contribution in [0.2, 0.25) is 0 Å². The third kappa shape index (κ3) is 4.55. The normalized spacial score (nSPS) is 11.5. The Morgan fingerprint density at radius 2 is 2.14 bits per heavy atom. The Morgan fingerprint density at radius 3 is 2.76 bits per heavy atom. The van der Waals surface area contributed by atoms with E-state index in [1.165, 1.54) is 18.5 Å². The minimum Gasteiger partial charge on any atom is -0.354 e. The van der Waals surface area contributed by atoms with Crippen LogP contribution in [0.5, 0.6) is 0 Å². The van der Waals surface area contributed by atoms with Gasteiger partial charge in [0.1, 0.15) is 18.5 Å². The lowest BCUT2D eigenvalue weighted by Gasteiger charge is -2.22. The summed E-state index contributed by atoms with van der Waals surface area (Å²) in [5.74, 6) is 0.552. The number of halogens is 1. The number of aromatic nitrogens is 3. The number of rotatable bonds is 5. The summed E-state index contributed by atoms with van der Waals surface area (Å²) < 4.78 is 14.6. The molecule has 0 saturated heterocycles. The summed E-state index contributed by atoms with van der Waals surface area (Å²) in [6, 6.07) is 6.47. The summed E-state index contributed by atoms with van der Waals surface area (Å²) in [4.78, 5) is 10.1. The first-order chi connectivity index (χ1) is 10.2. The molecule has 1 heterocycles. The zero-order valence-corrected chi connectivity index (χ0v) is 12.2. The first kappa shape index (κ1) is 15.0. The molecule has 112 valence electrons. The number of guanidine groups is 1. The van der Waals surface area contributed by atoms with Crippen molar-refractivity contribution in [3.8, 4) is 0 Å². The van der Waals surface area contributed by atoms with Gasteiger partial charge in [-0.25, -0.2) is 9.37 Å². The number of aliphatic imine (C=N–C) groups is 1. The van der Waals surface area contributed by atoms with E-state index in [0.717, 1.165) is 11.5 Å². The van der Waals surface area contributed by atoms with Crippen molar-refractivity contribution in [3.63, 3.8) is 0 Å². The van der Waals surface area contributed by atoms with Crippen LogP contribution in [0, 0.1) is 5.82 Å². The van der Waals surface area contributed by atoms with E-state index in [4.69, 9.17) is 0 Å². The topological polar surface area (TPSA) is 58.3 Å². The third-order valence-electron chi connectivity index (χ3n) is 3.00. The summed E-state index contributed by atoms with van der Waals surface area (Å²) in [6.45, 7) is 2.07. The van der Waals surface area contributed by atoms with Crippen molar-refractivity contribution in [2.24, 2.45) is 4.99 Å². The van der Waals surface area contributed by atoms with Crippen molar-refractivity contribution in [3.05, 3.63) is 48.3 Å². The quantitative estimate of drug-likeness (QED) is 0.662. The Bertz CT molecular complexity index is 564. The highest BCUT2D eigenvalue weighted by Crippen LogP contribution is 2.05. The summed E-state index contributed by atoms with van der Waals surface area (Å²) in [6.07, 6.45) is 3.18. The maximum absolute atomic E-state index is 12.9. The van der Waals surface area contributed by atoms with Gasteiger partial charge in [-0.2, -0.15) is 5.10 Å². The Kier molecular flexibility index (Phi) is 5.25. The average Bonchev–Trinajstić information content (AvgIpc) is 2.99. The van der Waals surface area contributed by atoms with Gasteiger partial charge in [0.2, 0.25) is 0 Å². The smallest absolute Gasteiger partial charge is 0.193 e. The molecule has 1 aromatic carbocycles. The van der Waals surface area contributed by atoms with Crippen LogP contribution >= 0.6 is 0 Å². The number of nitrogens with one attached hydrogen (secondary N) is 1. The van der Waals surface area contributed by atoms with Crippen LogP contribution in [0.25, 0.3) is 0 Å². The molecule has 0 aliphatic carbocycles. The Balaban J connectivity index is 1.83. The van der Waals surface area contributed by atoms with Gasteiger partial charge in [-0.3, -0.25) is 9.67 Å². The van der Waals surface area contributed by atoms with Crippen molar-refractivity contribution < 1.29 is 4.39 Å². The van der Waals surface area contributed by atoms with Crippen LogP contribution in [-0.2, 0) is 13.1 Å². The van der Waals surface area contributed by atoms with Crippen molar-refractivity contribution in [1.82, 2.24) is 25.0 Å². The first-order valence-electron chi connectivity index (χ1n) is 6.67. The molecule has 0 aliphatic heterocycles. The average molecular weight is 290 g/mol. The molecule has 2 rings (SSSR count). The van der Waals surface area contributed by atoms with Gasteiger partial charge < -0.3 is 10.2 Å². The van der Waals surface area contributed by atoms with Gasteiger partial charge in [-0.05, 0) is 17.7 Å². The summed E-state index contributed by atoms with van der Waals surface area (Å²) in [7, 11) is 3.67. The van der Waals surface area contributed by atoms with Crippen LogP contribution < -0.4 is 5.32 Å². The van der Waals surface area contributed by atoms with Crippen LogP contribution in [0.15, 0.2) is 41.9 Å². The molecule has 0 fully saturated rings. The van der Waals surface area contributed by atoms with Gasteiger partial charge in [-0.1, -0.05) is 12.1 Å². The van der Waals surface area contributed by atoms with Gasteiger partial charge in [0.05, 0.1) is 6.54 Å². The molecule has 21 heavy (non-hydrogen) atoms. The van der Waals surface area contributed by atoms with Crippen molar-refractivity contribution in [2.75, 3.05) is 20.6 Å². The van der Waals surface area contributed by atoms with Gasteiger partial charge in [0, 0.05) is 27.2 Å². The second-order valence-corrected chi connectivity index (χ2v) is 4.62. The molecular formula is C14H19FN6. The van der Waals surface area contributed by atoms with E-state index in [-0.39, 0.29) is 5.82 Å². The fourth-order valence-corrected chi connectivity index (χ4v) is 1.95. The van der Waals surface area contributed by atoms with E-state index < -0.39 is 0 Å². The van der Waals surface area contributed by atoms with E-state index in [1.54, 1.807) is 30.2 Å². The van der Waals surface area contributed by atoms with Gasteiger partial charge in [0.25, 0.3) is 0 Å². The molecule has 2 aromatic rings. The highest BCUT2D eigenvalue weighted by atomic mass is 19.1. The number of hydrogen-bond acceptors (Lipinski definition) is 3. The van der Waals surface area contributed by atoms with E-state index in [2.05, 4.69) is 20.4 Å². The highest BCUT2D eigenvalue weighted by Gasteiger charge is 2.06. The largest absolute Gasteiger partial charge is 0.354 e. The molecular weight excluding hydrogens is 271 g/mol. The predicted octanol–water partition coefficient (Wildman–Crippen LogP) is 1.12. The van der Waals surface area contributed by atoms with Crippen LogP contribution in [0.1, 0.15) is 5.56 Å². The monoisotopic (exact) mass is 290 g/mol. The Labute approximate surface area is 123 Å². The fourth-order valence-electron chi connectivity index (χ4n) is 1.95. The van der Waals surface area contributed by atoms with Gasteiger partial charge in [0.15, 0.2) is 5.96 Å². The third-order valence-corrected chi connectivity index (χ3v) is 3.00. The standard InChI is InChI=1S/C14H19FN6/c1-16-14(18-7-8-21-11-17-10-19-21)20(2)9-12-3-5-13(15)6-4-12/h3-6,10-11H,7-9H2,1-2H3,(H,16,18). The number of nitrogens with zero attached hydrogens (tertiary/aromatic N) is 5. The SMILES string of the molecule is CN=C(NCCn1cncn1)N(C)Cc1ccc(F)cc1. The number of hydrogen-bond donors (Lipinski definition) is 1. The lowest BCUT2D eigenvalue weighted by Crippen LogP contribution is -2.39. The zero-order chi connectivity index (χ0) is 15.1. The molecule has 7 heteroatoms. The maximum atomic E-state index is 12.9.